The van der Waals surface area contributed by atoms with E-state index in [1.165, 1.54) is 17.5 Å². The molecule has 0 bridgehead atoms. The molecule has 0 spiro atoms. The average molecular weight is 487 g/mol. The van der Waals surface area contributed by atoms with Gasteiger partial charge in [0.15, 0.2) is 17.6 Å². The molecule has 2 amide bonds. The number of rotatable bonds is 13. The van der Waals surface area contributed by atoms with Crippen LogP contribution in [0.1, 0.15) is 43.7 Å². The fraction of sp³-hybridized carbons (Fsp3) is 0.333. The van der Waals surface area contributed by atoms with Crippen LogP contribution in [0.15, 0.2) is 84.9 Å². The number of amides is 2. The highest BCUT2D eigenvalue weighted by Gasteiger charge is 2.43. The van der Waals surface area contributed by atoms with Gasteiger partial charge in [-0.3, -0.25) is 14.6 Å². The lowest BCUT2D eigenvalue weighted by Gasteiger charge is -2.44. The van der Waals surface area contributed by atoms with Crippen LogP contribution in [-0.4, -0.2) is 41.0 Å². The van der Waals surface area contributed by atoms with E-state index in [0.717, 1.165) is 37.7 Å². The standard InChI is InChI=1S/C30H34N2O4/c1-24(33)31(21-13-3-2-6-14-25-15-7-4-8-16-25)32-22-29(30(32)34)36-28-20-12-11-19-27(28)35-23-26-17-9-5-10-18-26/h4-5,7-12,15-20,29H,2-3,6,13-14,21-23H2,1H3. The first kappa shape index (κ1) is 25.3. The molecule has 0 aromatic heterocycles. The van der Waals surface area contributed by atoms with Gasteiger partial charge in [-0.1, -0.05) is 85.6 Å². The average Bonchev–Trinajstić information content (AvgIpc) is 2.91. The van der Waals surface area contributed by atoms with Crippen LogP contribution in [0, 0.1) is 0 Å². The number of β-lactam (4-membered cyclic amide) rings is 1. The van der Waals surface area contributed by atoms with Gasteiger partial charge in [0.05, 0.1) is 6.54 Å². The summed E-state index contributed by atoms with van der Waals surface area (Å²) in [7, 11) is 0. The number of hydrogen-bond donors (Lipinski definition) is 0. The summed E-state index contributed by atoms with van der Waals surface area (Å²) < 4.78 is 11.9. The van der Waals surface area contributed by atoms with Gasteiger partial charge < -0.3 is 9.47 Å². The Balaban J connectivity index is 1.22. The number of nitrogens with zero attached hydrogens (tertiary/aromatic N) is 2. The molecule has 1 aliphatic heterocycles. The van der Waals surface area contributed by atoms with E-state index >= 15 is 0 Å². The fourth-order valence-corrected chi connectivity index (χ4v) is 4.28. The van der Waals surface area contributed by atoms with Crippen molar-refractivity contribution in [2.75, 3.05) is 13.1 Å². The molecule has 188 valence electrons. The number of aryl methyl sites for hydroxylation is 1. The third-order valence-electron chi connectivity index (χ3n) is 6.31. The lowest BCUT2D eigenvalue weighted by Crippen LogP contribution is -2.66. The summed E-state index contributed by atoms with van der Waals surface area (Å²) in [5.41, 5.74) is 2.41. The quantitative estimate of drug-likeness (QED) is 0.239. The smallest absolute Gasteiger partial charge is 0.284 e. The van der Waals surface area contributed by atoms with E-state index in [1.54, 1.807) is 11.1 Å². The Labute approximate surface area is 213 Å². The molecule has 4 rings (SSSR count). The van der Waals surface area contributed by atoms with E-state index in [9.17, 15) is 9.59 Å². The largest absolute Gasteiger partial charge is 0.485 e. The van der Waals surface area contributed by atoms with E-state index in [-0.39, 0.29) is 11.8 Å². The molecule has 6 nitrogen and oxygen atoms in total. The summed E-state index contributed by atoms with van der Waals surface area (Å²) >= 11 is 0. The highest BCUT2D eigenvalue weighted by Crippen LogP contribution is 2.30. The predicted octanol–water partition coefficient (Wildman–Crippen LogP) is 5.42. The third kappa shape index (κ3) is 6.87. The highest BCUT2D eigenvalue weighted by atomic mass is 16.5. The summed E-state index contributed by atoms with van der Waals surface area (Å²) in [6.45, 7) is 2.80. The van der Waals surface area contributed by atoms with Crippen molar-refractivity contribution in [2.45, 2.75) is 51.7 Å². The molecular formula is C30H34N2O4. The van der Waals surface area contributed by atoms with Gasteiger partial charge in [0.2, 0.25) is 5.91 Å². The van der Waals surface area contributed by atoms with Crippen LogP contribution in [0.25, 0.3) is 0 Å². The number of hydrogen-bond acceptors (Lipinski definition) is 4. The number of carbonyl (C=O) groups is 2. The van der Waals surface area contributed by atoms with E-state index < -0.39 is 6.10 Å². The molecule has 0 radical (unpaired) electrons. The van der Waals surface area contributed by atoms with Crippen molar-refractivity contribution in [1.29, 1.82) is 0 Å². The number of ether oxygens (including phenoxy) is 2. The Morgan fingerprint density at radius 2 is 1.44 bits per heavy atom. The first-order valence-corrected chi connectivity index (χ1v) is 12.7. The molecule has 6 heteroatoms. The van der Waals surface area contributed by atoms with Crippen LogP contribution in [0.3, 0.4) is 0 Å². The van der Waals surface area contributed by atoms with Crippen molar-refractivity contribution in [1.82, 2.24) is 10.0 Å². The van der Waals surface area contributed by atoms with E-state index in [2.05, 4.69) is 24.3 Å². The lowest BCUT2D eigenvalue weighted by molar-refractivity contribution is -0.187. The Kier molecular flexibility index (Phi) is 8.98. The van der Waals surface area contributed by atoms with Gasteiger partial charge in [0.1, 0.15) is 6.61 Å². The normalized spacial score (nSPS) is 14.8. The van der Waals surface area contributed by atoms with Gasteiger partial charge in [0, 0.05) is 13.5 Å². The predicted molar refractivity (Wildman–Crippen MR) is 139 cm³/mol. The van der Waals surface area contributed by atoms with Crippen molar-refractivity contribution >= 4 is 11.8 Å². The van der Waals surface area contributed by atoms with Crippen LogP contribution in [0.2, 0.25) is 0 Å². The van der Waals surface area contributed by atoms with Crippen LogP contribution >= 0.6 is 0 Å². The summed E-state index contributed by atoms with van der Waals surface area (Å²) in [4.78, 5) is 25.1. The van der Waals surface area contributed by atoms with E-state index in [1.807, 2.05) is 54.6 Å². The summed E-state index contributed by atoms with van der Waals surface area (Å²) in [5, 5.41) is 3.06. The maximum Gasteiger partial charge on any atom is 0.284 e. The van der Waals surface area contributed by atoms with Gasteiger partial charge in [-0.15, -0.1) is 0 Å². The van der Waals surface area contributed by atoms with Crippen LogP contribution in [-0.2, 0) is 22.6 Å². The Morgan fingerprint density at radius 3 is 2.11 bits per heavy atom. The van der Waals surface area contributed by atoms with Gasteiger partial charge in [-0.25, -0.2) is 5.01 Å². The van der Waals surface area contributed by atoms with Gasteiger partial charge in [-0.05, 0) is 42.5 Å². The number of hydrazine groups is 1. The molecule has 36 heavy (non-hydrogen) atoms. The molecule has 1 fully saturated rings. The SMILES string of the molecule is CC(=O)N(CCCCCCc1ccccc1)N1CC(Oc2ccccc2OCc2ccccc2)C1=O. The molecule has 0 N–H and O–H groups in total. The van der Waals surface area contributed by atoms with Crippen molar-refractivity contribution in [3.8, 4) is 11.5 Å². The molecular weight excluding hydrogens is 452 g/mol. The van der Waals surface area contributed by atoms with Crippen molar-refractivity contribution in [2.24, 2.45) is 0 Å². The minimum atomic E-state index is -0.626. The maximum atomic E-state index is 12.9. The Hall–Kier alpha value is -3.80. The topological polar surface area (TPSA) is 59.1 Å². The minimum Gasteiger partial charge on any atom is -0.485 e. The molecule has 1 saturated heterocycles. The Morgan fingerprint density at radius 1 is 0.833 bits per heavy atom. The second kappa shape index (κ2) is 12.8. The van der Waals surface area contributed by atoms with Crippen LogP contribution in [0.4, 0.5) is 0 Å². The minimum absolute atomic E-state index is 0.127. The van der Waals surface area contributed by atoms with Crippen LogP contribution < -0.4 is 9.47 Å². The van der Waals surface area contributed by atoms with Crippen molar-refractivity contribution in [3.63, 3.8) is 0 Å². The molecule has 1 heterocycles. The highest BCUT2D eigenvalue weighted by molar-refractivity contribution is 5.89. The molecule has 1 aliphatic rings. The van der Waals surface area contributed by atoms with E-state index in [4.69, 9.17) is 9.47 Å². The zero-order chi connectivity index (χ0) is 25.2. The number of benzene rings is 3. The maximum absolute atomic E-state index is 12.9. The van der Waals surface area contributed by atoms with Gasteiger partial charge >= 0.3 is 0 Å². The first-order valence-electron chi connectivity index (χ1n) is 12.7. The molecule has 3 aromatic rings. The first-order chi connectivity index (χ1) is 17.6. The van der Waals surface area contributed by atoms with Gasteiger partial charge in [-0.2, -0.15) is 0 Å². The van der Waals surface area contributed by atoms with Gasteiger partial charge in [0.25, 0.3) is 5.91 Å². The van der Waals surface area contributed by atoms with Crippen molar-refractivity contribution < 1.29 is 19.1 Å². The van der Waals surface area contributed by atoms with Crippen molar-refractivity contribution in [3.05, 3.63) is 96.1 Å². The monoisotopic (exact) mass is 486 g/mol. The molecule has 0 aliphatic carbocycles. The van der Waals surface area contributed by atoms with Crippen LogP contribution in [0.5, 0.6) is 11.5 Å². The zero-order valence-corrected chi connectivity index (χ0v) is 20.8. The zero-order valence-electron chi connectivity index (χ0n) is 20.8. The summed E-state index contributed by atoms with van der Waals surface area (Å²) in [6, 6.07) is 27.7. The fourth-order valence-electron chi connectivity index (χ4n) is 4.28. The second-order valence-corrected chi connectivity index (χ2v) is 9.04. The third-order valence-corrected chi connectivity index (χ3v) is 6.31. The summed E-state index contributed by atoms with van der Waals surface area (Å²) in [6.07, 6.45) is 4.54. The van der Waals surface area contributed by atoms with E-state index in [0.29, 0.717) is 31.2 Å². The Bertz CT molecular complexity index is 1120. The molecule has 1 unspecified atom stereocenters. The molecule has 1 atom stereocenters. The number of para-hydroxylation sites is 2. The molecule has 0 saturated carbocycles. The second-order valence-electron chi connectivity index (χ2n) is 9.04. The summed E-state index contributed by atoms with van der Waals surface area (Å²) in [5.74, 6) is 0.788. The number of unbranched alkanes of at least 4 members (excludes halogenated alkanes) is 3. The molecule has 3 aromatic carbocycles. The number of carbonyl (C=O) groups excluding carboxylic acids is 2. The lowest BCUT2D eigenvalue weighted by atomic mass is 10.1.